The number of likely N-dealkylation sites (N-methyl/N-ethyl adjacent to an activating group) is 2. The van der Waals surface area contributed by atoms with Crippen molar-refractivity contribution < 1.29 is 67.1 Å². The summed E-state index contributed by atoms with van der Waals surface area (Å²) in [6.07, 6.45) is 4.98. The summed E-state index contributed by atoms with van der Waals surface area (Å²) in [6, 6.07) is 44.2. The third-order valence-electron chi connectivity index (χ3n) is 26.1. The van der Waals surface area contributed by atoms with E-state index in [0.717, 1.165) is 175 Å². The number of carboxylic acid groups (broad SMARTS) is 1. The predicted octanol–water partition coefficient (Wildman–Crippen LogP) is 17.9. The van der Waals surface area contributed by atoms with Crippen LogP contribution >= 0.6 is 115 Å². The fourth-order valence-electron chi connectivity index (χ4n) is 18.9. The highest BCUT2D eigenvalue weighted by atomic mass is 35.5. The number of carbonyl (C=O) groups excluding carboxylic acids is 7. The molecule has 0 saturated carbocycles. The summed E-state index contributed by atoms with van der Waals surface area (Å²) in [5, 5.41) is 32.9. The number of Topliss-reactive ketones (excluding diaryl/α,β-unsaturated/α-hetero) is 1. The number of anilines is 5. The SMILES string of the molecule is C=CCC1(C(=O)O)NC(=O)c2sc(N3CCOCC3)cc2C1c1ccc(Cl)c(Cl)c1.CCCCNC(=O)[C@@H]1NC(=O)c2sc(N3CCOCC3)cc2[C@H]1c1ccc(Cl)cc1.CCNC(=O)[C@@H]1NC(=O)c2sc(N3CCOCC3)cc2[C@H]1c1ccc(Cl)cc1.Cc1cc(C2CCC(=O)c3sc(N4CCOCC4)cc32)ccc1Cl.Cc1ccc(C2CN(C)C(=O)c3sc(N4CCOCC4)cc32)cc1. The predicted molar refractivity (Wildman–Crippen MR) is 545 cm³/mol. The van der Waals surface area contributed by atoms with Crippen LogP contribution in [0.1, 0.15) is 191 Å². The Bertz CT molecular complexity index is 6000. The molecular weight excluding hydrogens is 1930 g/mol. The summed E-state index contributed by atoms with van der Waals surface area (Å²) in [4.78, 5) is 119. The van der Waals surface area contributed by atoms with Crippen molar-refractivity contribution >= 4 is 187 Å². The summed E-state index contributed by atoms with van der Waals surface area (Å²) in [7, 11) is 1.90. The maximum absolute atomic E-state index is 13.0. The van der Waals surface area contributed by atoms with E-state index in [2.05, 4.69) is 132 Å². The molecule has 6 amide bonds. The van der Waals surface area contributed by atoms with Gasteiger partial charge in [-0.15, -0.1) is 63.3 Å². The molecular formula is C101H110Cl5N11O14S5. The van der Waals surface area contributed by atoms with Gasteiger partial charge in [0.25, 0.3) is 23.6 Å². The number of aliphatic carboxylic acids is 1. The van der Waals surface area contributed by atoms with Crippen LogP contribution < -0.4 is 51.1 Å². The number of ketones is 1. The Morgan fingerprint density at radius 3 is 1.32 bits per heavy atom. The molecule has 5 aromatic heterocycles. The zero-order chi connectivity index (χ0) is 95.6. The van der Waals surface area contributed by atoms with Crippen molar-refractivity contribution in [3.8, 4) is 0 Å². The van der Waals surface area contributed by atoms with Crippen molar-refractivity contribution in [3.63, 3.8) is 0 Å². The van der Waals surface area contributed by atoms with Gasteiger partial charge in [-0.05, 0) is 174 Å². The molecule has 10 aromatic rings. The maximum Gasteiger partial charge on any atom is 0.330 e. The van der Waals surface area contributed by atoms with Crippen LogP contribution in [0.15, 0.2) is 152 Å². The summed E-state index contributed by atoms with van der Waals surface area (Å²) >= 11 is 38.3. The average molecular weight is 2040 g/mol. The normalized spacial score (nSPS) is 21.8. The molecule has 8 atom stereocenters. The first-order valence-electron chi connectivity index (χ1n) is 46.0. The number of thiophene rings is 5. The van der Waals surface area contributed by atoms with Crippen molar-refractivity contribution in [2.45, 2.75) is 107 Å². The number of rotatable bonds is 19. The molecule has 5 fully saturated rings. The van der Waals surface area contributed by atoms with Gasteiger partial charge >= 0.3 is 5.97 Å². The number of carboxylic acids is 1. The van der Waals surface area contributed by atoms with Crippen LogP contribution in [0.4, 0.5) is 25.0 Å². The lowest BCUT2D eigenvalue weighted by Gasteiger charge is -2.41. The van der Waals surface area contributed by atoms with Crippen LogP contribution in [0.2, 0.25) is 25.1 Å². The highest BCUT2D eigenvalue weighted by Gasteiger charge is 2.54. The third-order valence-corrected chi connectivity index (χ3v) is 33.8. The molecule has 0 bridgehead atoms. The molecule has 6 N–H and O–H groups in total. The number of hydrogen-bond acceptors (Lipinski definition) is 23. The third kappa shape index (κ3) is 22.2. The number of nitrogens with zero attached hydrogens (tertiary/aromatic N) is 6. The second-order valence-electron chi connectivity index (χ2n) is 34.8. The lowest BCUT2D eigenvalue weighted by Crippen LogP contribution is -2.61. The lowest BCUT2D eigenvalue weighted by atomic mass is 9.71. The number of ether oxygens (including phenoxy) is 5. The summed E-state index contributed by atoms with van der Waals surface area (Å²) in [6.45, 7) is 28.9. The highest BCUT2D eigenvalue weighted by molar-refractivity contribution is 7.19. The summed E-state index contributed by atoms with van der Waals surface area (Å²) < 4.78 is 27.2. The molecule has 5 saturated heterocycles. The van der Waals surface area contributed by atoms with E-state index in [1.54, 1.807) is 40.9 Å². The molecule has 4 unspecified atom stereocenters. The Morgan fingerprint density at radius 1 is 0.471 bits per heavy atom. The monoisotopic (exact) mass is 2040 g/mol. The zero-order valence-corrected chi connectivity index (χ0v) is 84.1. The highest BCUT2D eigenvalue weighted by Crippen LogP contribution is 2.51. The van der Waals surface area contributed by atoms with Crippen molar-refractivity contribution in [1.29, 1.82) is 0 Å². The Morgan fingerprint density at radius 2 is 0.875 bits per heavy atom. The first-order valence-corrected chi connectivity index (χ1v) is 52.0. The van der Waals surface area contributed by atoms with Crippen LogP contribution in [0.25, 0.3) is 0 Å². The largest absolute Gasteiger partial charge is 0.479 e. The van der Waals surface area contributed by atoms with Crippen molar-refractivity contribution in [2.24, 2.45) is 0 Å². The van der Waals surface area contributed by atoms with Gasteiger partial charge in [0.2, 0.25) is 11.8 Å². The van der Waals surface area contributed by atoms with Gasteiger partial charge in [-0.3, -0.25) is 33.6 Å². The fraction of sp³-hybridized carbons (Fsp3) is 0.406. The van der Waals surface area contributed by atoms with Crippen LogP contribution in [-0.4, -0.2) is 233 Å². The average Bonchev–Trinajstić information content (AvgIpc) is 1.36. The molecule has 25 nitrogen and oxygen atoms in total. The number of fused-ring (bicyclic) bond motifs is 5. The zero-order valence-electron chi connectivity index (χ0n) is 76.3. The van der Waals surface area contributed by atoms with E-state index in [1.807, 2.05) is 86.5 Å². The van der Waals surface area contributed by atoms with Crippen molar-refractivity contribution in [1.82, 2.24) is 31.5 Å². The molecule has 10 aliphatic rings. The number of unbranched alkanes of at least 4 members (excludes halogenated alkanes) is 1. The Hall–Kier alpha value is -9.45. The summed E-state index contributed by atoms with van der Waals surface area (Å²) in [5.41, 5.74) is 10.8. The second-order valence-corrected chi connectivity index (χ2v) is 42.1. The van der Waals surface area contributed by atoms with E-state index in [-0.39, 0.29) is 59.5 Å². The number of amides is 6. The number of aryl methyl sites for hydroxylation is 2. The molecule has 0 spiro atoms. The van der Waals surface area contributed by atoms with Gasteiger partial charge in [-0.25, -0.2) is 4.79 Å². The molecule has 5 aromatic carbocycles. The molecule has 9 aliphatic heterocycles. The quantitative estimate of drug-likeness (QED) is 0.0324. The van der Waals surface area contributed by atoms with Gasteiger partial charge in [0.05, 0.1) is 126 Å². The molecule has 136 heavy (non-hydrogen) atoms. The second kappa shape index (κ2) is 45.2. The molecule has 718 valence electrons. The van der Waals surface area contributed by atoms with E-state index < -0.39 is 35.4 Å². The maximum atomic E-state index is 13.0. The van der Waals surface area contributed by atoms with Gasteiger partial charge < -0.3 is 84.8 Å². The van der Waals surface area contributed by atoms with Gasteiger partial charge in [-0.1, -0.05) is 150 Å². The molecule has 20 rings (SSSR count). The number of halogens is 5. The van der Waals surface area contributed by atoms with Crippen LogP contribution in [0.3, 0.4) is 0 Å². The fourth-order valence-corrected chi connectivity index (χ4v) is 25.6. The van der Waals surface area contributed by atoms with Gasteiger partial charge in [0.15, 0.2) is 11.3 Å². The van der Waals surface area contributed by atoms with Crippen molar-refractivity contribution in [3.05, 3.63) is 268 Å². The lowest BCUT2D eigenvalue weighted by molar-refractivity contribution is -0.145. The molecule has 35 heteroatoms. The standard InChI is InChI=1S/C22H26ClN3O3S.C21H20Cl2N2O4S.C20H22ClN3O3S.C19H20ClNO2S.C19H22N2O2S/c1-2-3-8-24-21(27)19-18(14-4-6-15(23)7-5-14)16-13-17(26-9-11-29-12-10-26)30-20(16)22(28)25-19;1-2-5-21(20(27)28)17(12-3-4-14(22)15(23)10-12)13-11-16(25-6-8-29-9-7-25)30-18(13)19(26)24-21;1-2-22-19(25)17-16(12-3-5-13(21)6-4-12)14-11-15(24-7-9-27-10-8-24)28-18(14)20(26)23-17;1-12-10-13(2-4-16(12)20)14-3-5-17(22)19-15(14)11-18(24-19)21-6-8-23-9-7-21;1-13-3-5-14(6-4-13)16-12-20(2)19(22)18-15(16)11-17(24-18)21-7-9-23-10-8-21/h4-7,13,18-19H,2-3,8-12H2,1H3,(H,24,27)(H,25,28);2-4,10-11,17H,1,5-9H2,(H,24,26)(H,27,28);3-6,11,16-17H,2,7-10H2,1H3,(H,22,25)(H,23,26);2,4,10-11,14H,3,5-9H2,1H3;3-6,11,16H,7-10,12H2,1-2H3/t18-,19-;;16-,17-;;/m1.1../s1. The molecule has 1 aliphatic carbocycles. The molecule has 0 radical (unpaired) electrons. The van der Waals surface area contributed by atoms with Gasteiger partial charge in [0.1, 0.15) is 12.1 Å². The number of carbonyl (C=O) groups is 8. The van der Waals surface area contributed by atoms with E-state index in [0.29, 0.717) is 111 Å². The van der Waals surface area contributed by atoms with Gasteiger partial charge in [0, 0.05) is 143 Å². The van der Waals surface area contributed by atoms with Gasteiger partial charge in [-0.2, -0.15) is 0 Å². The number of nitrogens with one attached hydrogen (secondary N) is 5. The van der Waals surface area contributed by atoms with Crippen LogP contribution in [0.5, 0.6) is 0 Å². The first kappa shape index (κ1) is 99.6. The Balaban J connectivity index is 0.000000124. The molecule has 14 heterocycles. The van der Waals surface area contributed by atoms with E-state index in [9.17, 15) is 43.5 Å². The van der Waals surface area contributed by atoms with Crippen LogP contribution in [0, 0.1) is 13.8 Å². The van der Waals surface area contributed by atoms with E-state index in [4.69, 9.17) is 81.7 Å². The number of benzene rings is 5. The number of morpholine rings is 5. The van der Waals surface area contributed by atoms with E-state index >= 15 is 0 Å². The minimum Gasteiger partial charge on any atom is -0.479 e. The Labute approximate surface area is 837 Å². The smallest absolute Gasteiger partial charge is 0.330 e. The minimum atomic E-state index is -1.58. The van der Waals surface area contributed by atoms with Crippen molar-refractivity contribution in [2.75, 3.05) is 183 Å². The Kier molecular flexibility index (Phi) is 33.1. The van der Waals surface area contributed by atoms with Crippen LogP contribution in [-0.2, 0) is 38.1 Å². The van der Waals surface area contributed by atoms with E-state index in [1.165, 1.54) is 77.9 Å². The topological polar surface area (TPSA) is 283 Å². The minimum absolute atomic E-state index is 0.0567. The summed E-state index contributed by atoms with van der Waals surface area (Å²) in [5.74, 6) is -2.42. The first-order chi connectivity index (χ1) is 65.8. The number of hydrogen-bond donors (Lipinski definition) is 6.